The fraction of sp³-hybridized carbons (Fsp3) is 0.556. The van der Waals surface area contributed by atoms with Gasteiger partial charge in [0.15, 0.2) is 0 Å². The molecule has 1 aromatic rings. The summed E-state index contributed by atoms with van der Waals surface area (Å²) in [4.78, 5) is 0. The summed E-state index contributed by atoms with van der Waals surface area (Å²) in [5.74, 6) is 1.90. The molecule has 0 radical (unpaired) electrons. The summed E-state index contributed by atoms with van der Waals surface area (Å²) in [6.07, 6.45) is 6.98. The van der Waals surface area contributed by atoms with Crippen LogP contribution >= 0.6 is 0 Å². The molecule has 1 unspecified atom stereocenters. The van der Waals surface area contributed by atoms with Crippen molar-refractivity contribution in [3.8, 4) is 0 Å². The van der Waals surface area contributed by atoms with E-state index >= 15 is 0 Å². The number of aryl methyl sites for hydroxylation is 1. The van der Waals surface area contributed by atoms with Gasteiger partial charge in [-0.15, -0.1) is 0 Å². The normalized spacial score (nSPS) is 18.9. The second kappa shape index (κ2) is 6.27. The van der Waals surface area contributed by atoms with Gasteiger partial charge in [0.2, 0.25) is 0 Å². The number of rotatable bonds is 4. The first-order chi connectivity index (χ1) is 9.11. The van der Waals surface area contributed by atoms with E-state index in [1.807, 2.05) is 0 Å². The Bertz CT molecular complexity index is 471. The summed E-state index contributed by atoms with van der Waals surface area (Å²) in [7, 11) is 0. The van der Waals surface area contributed by atoms with Gasteiger partial charge in [-0.05, 0) is 67.9 Å². The van der Waals surface area contributed by atoms with Crippen molar-refractivity contribution in [2.45, 2.75) is 53.4 Å². The first-order valence-electron chi connectivity index (χ1n) is 7.49. The van der Waals surface area contributed by atoms with Crippen molar-refractivity contribution in [2.75, 3.05) is 6.61 Å². The van der Waals surface area contributed by atoms with Crippen LogP contribution in [0.5, 0.6) is 0 Å². The van der Waals surface area contributed by atoms with Crippen molar-refractivity contribution in [1.82, 2.24) is 0 Å². The molecule has 1 heterocycles. The van der Waals surface area contributed by atoms with E-state index in [0.717, 1.165) is 18.9 Å². The van der Waals surface area contributed by atoms with E-state index < -0.39 is 0 Å². The van der Waals surface area contributed by atoms with E-state index in [1.165, 1.54) is 47.3 Å². The third kappa shape index (κ3) is 3.40. The Balaban J connectivity index is 2.05. The maximum atomic E-state index is 5.93. The molecule has 1 atom stereocenters. The summed E-state index contributed by atoms with van der Waals surface area (Å²) >= 11 is 0. The van der Waals surface area contributed by atoms with Crippen LogP contribution in [0.3, 0.4) is 0 Å². The molecule has 1 aliphatic heterocycles. The fourth-order valence-corrected chi connectivity index (χ4v) is 2.77. The molecule has 1 nitrogen and oxygen atoms in total. The number of benzene rings is 1. The minimum atomic E-state index is 0.731. The molecule has 1 aliphatic rings. The number of allylic oxidation sites excluding steroid dienone is 2. The van der Waals surface area contributed by atoms with Gasteiger partial charge in [0.25, 0.3) is 0 Å². The molecule has 0 bridgehead atoms. The van der Waals surface area contributed by atoms with Crippen molar-refractivity contribution >= 4 is 0 Å². The average molecular weight is 258 g/mol. The van der Waals surface area contributed by atoms with Gasteiger partial charge in [0.1, 0.15) is 0 Å². The third-order valence-electron chi connectivity index (χ3n) is 4.42. The zero-order valence-corrected chi connectivity index (χ0v) is 12.8. The van der Waals surface area contributed by atoms with E-state index in [2.05, 4.69) is 45.9 Å². The van der Waals surface area contributed by atoms with Gasteiger partial charge in [-0.3, -0.25) is 0 Å². The molecule has 0 saturated carbocycles. The molecule has 1 heteroatoms. The van der Waals surface area contributed by atoms with Crippen LogP contribution in [0, 0.1) is 26.7 Å². The van der Waals surface area contributed by atoms with E-state index in [0.29, 0.717) is 0 Å². The second-order valence-corrected chi connectivity index (χ2v) is 5.84. The highest BCUT2D eigenvalue weighted by Gasteiger charge is 2.15. The van der Waals surface area contributed by atoms with Crippen LogP contribution in [0.25, 0.3) is 0 Å². The summed E-state index contributed by atoms with van der Waals surface area (Å²) in [5.41, 5.74) is 5.61. The number of hydrogen-bond acceptors (Lipinski definition) is 1. The summed E-state index contributed by atoms with van der Waals surface area (Å²) < 4.78 is 5.93. The van der Waals surface area contributed by atoms with Crippen molar-refractivity contribution in [2.24, 2.45) is 5.92 Å². The largest absolute Gasteiger partial charge is 0.498 e. The Hall–Kier alpha value is -1.24. The Labute approximate surface area is 117 Å². The fourth-order valence-electron chi connectivity index (χ4n) is 2.77. The molecule has 2 rings (SSSR count). The second-order valence-electron chi connectivity index (χ2n) is 5.84. The molecule has 0 amide bonds. The highest BCUT2D eigenvalue weighted by atomic mass is 16.5. The molecular weight excluding hydrogens is 232 g/mol. The maximum Gasteiger partial charge on any atom is 0.0964 e. The van der Waals surface area contributed by atoms with Gasteiger partial charge in [-0.25, -0.2) is 0 Å². The highest BCUT2D eigenvalue weighted by Crippen LogP contribution is 2.25. The summed E-state index contributed by atoms with van der Waals surface area (Å²) in [5, 5.41) is 0. The lowest BCUT2D eigenvalue weighted by molar-refractivity contribution is 0.137. The van der Waals surface area contributed by atoms with E-state index in [1.54, 1.807) is 0 Å². The molecule has 1 aromatic carbocycles. The van der Waals surface area contributed by atoms with Gasteiger partial charge in [0.05, 0.1) is 12.4 Å². The van der Waals surface area contributed by atoms with Crippen molar-refractivity contribution in [3.63, 3.8) is 0 Å². The zero-order valence-electron chi connectivity index (χ0n) is 12.8. The van der Waals surface area contributed by atoms with Crippen molar-refractivity contribution < 1.29 is 4.74 Å². The van der Waals surface area contributed by atoms with Gasteiger partial charge >= 0.3 is 0 Å². The quantitative estimate of drug-likeness (QED) is 0.748. The minimum absolute atomic E-state index is 0.731. The lowest BCUT2D eigenvalue weighted by Gasteiger charge is -2.23. The number of ether oxygens (including phenoxy) is 1. The maximum absolute atomic E-state index is 5.93. The number of hydrogen-bond donors (Lipinski definition) is 0. The van der Waals surface area contributed by atoms with Crippen molar-refractivity contribution in [3.05, 3.63) is 46.2 Å². The first-order valence-corrected chi connectivity index (χ1v) is 7.49. The molecule has 0 fully saturated rings. The lowest BCUT2D eigenvalue weighted by atomic mass is 9.94. The molecule has 0 aromatic heterocycles. The predicted molar refractivity (Wildman–Crippen MR) is 81.4 cm³/mol. The predicted octanol–water partition coefficient (Wildman–Crippen LogP) is 4.87. The van der Waals surface area contributed by atoms with Crippen LogP contribution in [0.4, 0.5) is 0 Å². The molecule has 0 spiro atoms. The van der Waals surface area contributed by atoms with Gasteiger partial charge in [-0.1, -0.05) is 25.5 Å². The van der Waals surface area contributed by atoms with E-state index in [-0.39, 0.29) is 0 Å². The molecule has 0 N–H and O–H groups in total. The van der Waals surface area contributed by atoms with E-state index in [9.17, 15) is 0 Å². The lowest BCUT2D eigenvalue weighted by Crippen LogP contribution is -2.15. The molecule has 0 aliphatic carbocycles. The third-order valence-corrected chi connectivity index (χ3v) is 4.42. The summed E-state index contributed by atoms with van der Waals surface area (Å²) in [6.45, 7) is 9.77. The Morgan fingerprint density at radius 1 is 1.16 bits per heavy atom. The Morgan fingerprint density at radius 3 is 2.58 bits per heavy atom. The minimum Gasteiger partial charge on any atom is -0.498 e. The van der Waals surface area contributed by atoms with Crippen LogP contribution in [-0.2, 0) is 11.2 Å². The zero-order chi connectivity index (χ0) is 13.8. The monoisotopic (exact) mass is 258 g/mol. The SMILES string of the molecule is CCCC1CC=C(Cc2ccc(C)c(C)c2C)OC1. The standard InChI is InChI=1S/C18H26O/c1-5-6-16-8-10-18(19-12-16)11-17-9-7-13(2)14(3)15(17)4/h7,9-10,16H,5-6,8,11-12H2,1-4H3. The van der Waals surface area contributed by atoms with E-state index in [4.69, 9.17) is 4.74 Å². The molecular formula is C18H26O. The van der Waals surface area contributed by atoms with Gasteiger partial charge < -0.3 is 4.74 Å². The average Bonchev–Trinajstić information content (AvgIpc) is 2.42. The van der Waals surface area contributed by atoms with Gasteiger partial charge in [-0.2, -0.15) is 0 Å². The molecule has 0 saturated heterocycles. The van der Waals surface area contributed by atoms with Crippen LogP contribution in [0.1, 0.15) is 48.4 Å². The Morgan fingerprint density at radius 2 is 1.95 bits per heavy atom. The van der Waals surface area contributed by atoms with Crippen molar-refractivity contribution in [1.29, 1.82) is 0 Å². The topological polar surface area (TPSA) is 9.23 Å². The smallest absolute Gasteiger partial charge is 0.0964 e. The van der Waals surface area contributed by atoms with Crippen LogP contribution in [-0.4, -0.2) is 6.61 Å². The molecule has 104 valence electrons. The van der Waals surface area contributed by atoms with Crippen LogP contribution in [0.15, 0.2) is 24.0 Å². The first kappa shape index (κ1) is 14.2. The molecule has 19 heavy (non-hydrogen) atoms. The van der Waals surface area contributed by atoms with Crippen LogP contribution < -0.4 is 0 Å². The summed E-state index contributed by atoms with van der Waals surface area (Å²) in [6, 6.07) is 4.47. The Kier molecular flexibility index (Phi) is 4.68. The van der Waals surface area contributed by atoms with Gasteiger partial charge in [0, 0.05) is 6.42 Å². The van der Waals surface area contributed by atoms with Crippen LogP contribution in [0.2, 0.25) is 0 Å². The highest BCUT2D eigenvalue weighted by molar-refractivity contribution is 5.40.